The van der Waals surface area contributed by atoms with Gasteiger partial charge in [-0.3, -0.25) is 43.5 Å². The number of nitrogens with one attached hydrogen (secondary N) is 7. The van der Waals surface area contributed by atoms with Crippen molar-refractivity contribution in [3.8, 4) is 5.75 Å². The number of benzene rings is 2. The molecular weight excluding hydrogens is 891 g/mol. The molecule has 0 aliphatic rings. The van der Waals surface area contributed by atoms with Gasteiger partial charge in [0, 0.05) is 32.1 Å². The Morgan fingerprint density at radius 1 is 0.565 bits per heavy atom. The highest BCUT2D eigenvalue weighted by Gasteiger charge is 2.31. The topological polar surface area (TPSA) is 405 Å². The van der Waals surface area contributed by atoms with E-state index in [4.69, 9.17) is 34.4 Å². The summed E-state index contributed by atoms with van der Waals surface area (Å²) in [5, 5.41) is 28.7. The van der Waals surface area contributed by atoms with Crippen LogP contribution in [0, 0.1) is 11.8 Å². The van der Waals surface area contributed by atoms with E-state index in [1.165, 1.54) is 12.1 Å². The van der Waals surface area contributed by atoms with E-state index in [1.807, 2.05) is 27.7 Å². The van der Waals surface area contributed by atoms with Crippen LogP contribution in [0.5, 0.6) is 5.75 Å². The van der Waals surface area contributed by atoms with E-state index in [1.54, 1.807) is 42.5 Å². The van der Waals surface area contributed by atoms with Crippen molar-refractivity contribution in [2.24, 2.45) is 56.2 Å². The lowest BCUT2D eigenvalue weighted by molar-refractivity contribution is -0.134. The SMILES string of the molecule is CC(C)C[C@H](NC(=O)[C@H](Cc1ccccc1)NC(=O)CNC(=O)CNC(=O)[C@@H](N)Cc1ccc(O)cc1)C(=O)N[C@@H](CCCN=C(N)N)C(=O)N[C@@H](CCCN=C(N)N)CN[C@H](CC(C)C)C(N)=O. The Kier molecular flexibility index (Phi) is 26.2. The molecule has 0 aliphatic carbocycles. The zero-order valence-corrected chi connectivity index (χ0v) is 40.2. The van der Waals surface area contributed by atoms with E-state index in [0.717, 1.165) is 0 Å². The van der Waals surface area contributed by atoms with Gasteiger partial charge in [0.15, 0.2) is 11.9 Å². The predicted octanol–water partition coefficient (Wildman–Crippen LogP) is -2.68. The van der Waals surface area contributed by atoms with Crippen molar-refractivity contribution in [1.29, 1.82) is 0 Å². The Bertz CT molecular complexity index is 2010. The Morgan fingerprint density at radius 2 is 1.09 bits per heavy atom. The molecule has 0 bridgehead atoms. The lowest BCUT2D eigenvalue weighted by Crippen LogP contribution is -2.59. The summed E-state index contributed by atoms with van der Waals surface area (Å²) in [4.78, 5) is 101. The number of phenols is 1. The van der Waals surface area contributed by atoms with Crippen molar-refractivity contribution in [3.05, 3.63) is 65.7 Å². The van der Waals surface area contributed by atoms with E-state index in [0.29, 0.717) is 30.4 Å². The molecule has 23 heteroatoms. The minimum Gasteiger partial charge on any atom is -0.508 e. The molecule has 6 atom stereocenters. The minimum atomic E-state index is -1.22. The Balaban J connectivity index is 2.25. The third kappa shape index (κ3) is 25.1. The van der Waals surface area contributed by atoms with Crippen molar-refractivity contribution in [1.82, 2.24) is 37.2 Å². The number of nitrogens with zero attached hydrogens (tertiary/aromatic N) is 2. The van der Waals surface area contributed by atoms with Crippen LogP contribution in [0.4, 0.5) is 0 Å². The number of carbonyl (C=O) groups excluding carboxylic acids is 7. The molecule has 20 N–H and O–H groups in total. The summed E-state index contributed by atoms with van der Waals surface area (Å²) in [6.07, 6.45) is 2.00. The van der Waals surface area contributed by atoms with Crippen molar-refractivity contribution in [2.45, 2.75) is 115 Å². The van der Waals surface area contributed by atoms with E-state index < -0.39 is 90.7 Å². The maximum atomic E-state index is 14.2. The first-order valence-electron chi connectivity index (χ1n) is 23.1. The average Bonchev–Trinajstić information content (AvgIpc) is 3.28. The van der Waals surface area contributed by atoms with Crippen molar-refractivity contribution in [2.75, 3.05) is 32.7 Å². The molecule has 0 saturated heterocycles. The second-order valence-electron chi connectivity index (χ2n) is 17.6. The lowest BCUT2D eigenvalue weighted by Gasteiger charge is -2.28. The summed E-state index contributed by atoms with van der Waals surface area (Å²) >= 11 is 0. The monoisotopic (exact) mass is 966 g/mol. The summed E-state index contributed by atoms with van der Waals surface area (Å²) in [7, 11) is 0. The van der Waals surface area contributed by atoms with Gasteiger partial charge in [-0.15, -0.1) is 0 Å². The minimum absolute atomic E-state index is 0.0135. The molecule has 23 nitrogen and oxygen atoms in total. The molecule has 0 unspecified atom stereocenters. The van der Waals surface area contributed by atoms with Crippen LogP contribution in [0.1, 0.15) is 77.3 Å². The lowest BCUT2D eigenvalue weighted by atomic mass is 10.00. The number of phenolic OH excluding ortho intramolecular Hbond substituents is 1. The molecule has 0 radical (unpaired) electrons. The van der Waals surface area contributed by atoms with Crippen molar-refractivity contribution >= 4 is 53.3 Å². The summed E-state index contributed by atoms with van der Waals surface area (Å²) in [6.45, 7) is 7.15. The highest BCUT2D eigenvalue weighted by Crippen LogP contribution is 2.13. The first kappa shape index (κ1) is 58.1. The predicted molar refractivity (Wildman–Crippen MR) is 263 cm³/mol. The van der Waals surface area contributed by atoms with Crippen LogP contribution in [0.3, 0.4) is 0 Å². The van der Waals surface area contributed by atoms with Gasteiger partial charge in [-0.2, -0.15) is 0 Å². The van der Waals surface area contributed by atoms with Crippen LogP contribution < -0.4 is 71.6 Å². The van der Waals surface area contributed by atoms with Gasteiger partial charge in [-0.05, 0) is 80.0 Å². The van der Waals surface area contributed by atoms with E-state index in [9.17, 15) is 38.7 Å². The first-order valence-corrected chi connectivity index (χ1v) is 23.1. The number of carbonyl (C=O) groups is 7. The van der Waals surface area contributed by atoms with Gasteiger partial charge < -0.3 is 76.7 Å². The van der Waals surface area contributed by atoms with Crippen LogP contribution in [0.25, 0.3) is 0 Å². The second-order valence-corrected chi connectivity index (χ2v) is 17.6. The third-order valence-electron chi connectivity index (χ3n) is 10.5. The van der Waals surface area contributed by atoms with Gasteiger partial charge in [-0.1, -0.05) is 70.2 Å². The van der Waals surface area contributed by atoms with Gasteiger partial charge in [-0.25, -0.2) is 0 Å². The first-order chi connectivity index (χ1) is 32.6. The Morgan fingerprint density at radius 3 is 1.67 bits per heavy atom. The number of aliphatic imine (C=N–C) groups is 2. The molecule has 0 fully saturated rings. The molecule has 0 aliphatic heterocycles. The van der Waals surface area contributed by atoms with E-state index in [-0.39, 0.29) is 81.2 Å². The summed E-state index contributed by atoms with van der Waals surface area (Å²) in [5.74, 6) is -4.66. The molecule has 0 aromatic heterocycles. The maximum Gasteiger partial charge on any atom is 0.243 e. The quantitative estimate of drug-likeness (QED) is 0.0202. The fraction of sp³-hybridized carbons (Fsp3) is 0.543. The van der Waals surface area contributed by atoms with Crippen molar-refractivity contribution in [3.63, 3.8) is 0 Å². The molecular formula is C46H75N15O8. The van der Waals surface area contributed by atoms with Crippen molar-refractivity contribution < 1.29 is 38.7 Å². The highest BCUT2D eigenvalue weighted by atomic mass is 16.3. The van der Waals surface area contributed by atoms with Gasteiger partial charge in [0.25, 0.3) is 0 Å². The van der Waals surface area contributed by atoms with Gasteiger partial charge >= 0.3 is 0 Å². The molecule has 2 aromatic carbocycles. The average molecular weight is 966 g/mol. The van der Waals surface area contributed by atoms with Crippen LogP contribution in [0.2, 0.25) is 0 Å². The highest BCUT2D eigenvalue weighted by molar-refractivity contribution is 5.95. The molecule has 0 heterocycles. The number of primary amides is 1. The van der Waals surface area contributed by atoms with Crippen LogP contribution in [0.15, 0.2) is 64.6 Å². The number of nitrogens with two attached hydrogens (primary N) is 6. The fourth-order valence-electron chi connectivity index (χ4n) is 6.97. The molecule has 382 valence electrons. The summed E-state index contributed by atoms with van der Waals surface area (Å²) in [5.41, 5.74) is 35.1. The summed E-state index contributed by atoms with van der Waals surface area (Å²) in [6, 6.07) is 9.25. The number of amides is 7. The molecule has 2 aromatic rings. The molecule has 69 heavy (non-hydrogen) atoms. The van der Waals surface area contributed by atoms with E-state index >= 15 is 0 Å². The normalized spacial score (nSPS) is 13.6. The van der Waals surface area contributed by atoms with Crippen LogP contribution >= 0.6 is 0 Å². The zero-order chi connectivity index (χ0) is 51.5. The molecule has 2 rings (SSSR count). The number of aromatic hydroxyl groups is 1. The fourth-order valence-corrected chi connectivity index (χ4v) is 6.97. The van der Waals surface area contributed by atoms with Crippen LogP contribution in [-0.2, 0) is 46.4 Å². The second kappa shape index (κ2) is 31.1. The van der Waals surface area contributed by atoms with Gasteiger partial charge in [0.2, 0.25) is 41.4 Å². The third-order valence-corrected chi connectivity index (χ3v) is 10.5. The maximum absolute atomic E-state index is 14.2. The number of hydrogen-bond donors (Lipinski definition) is 14. The largest absolute Gasteiger partial charge is 0.508 e. The summed E-state index contributed by atoms with van der Waals surface area (Å²) < 4.78 is 0. The van der Waals surface area contributed by atoms with Gasteiger partial charge in [0.1, 0.15) is 23.9 Å². The molecule has 0 saturated carbocycles. The molecule has 0 spiro atoms. The number of rotatable bonds is 32. The number of guanidine groups is 2. The van der Waals surface area contributed by atoms with E-state index in [2.05, 4.69) is 47.2 Å². The zero-order valence-electron chi connectivity index (χ0n) is 40.2. The van der Waals surface area contributed by atoms with Gasteiger partial charge in [0.05, 0.1) is 25.2 Å². The number of hydrogen-bond acceptors (Lipinski definition) is 12. The smallest absolute Gasteiger partial charge is 0.243 e. The Labute approximate surface area is 404 Å². The van der Waals surface area contributed by atoms with Crippen LogP contribution in [-0.4, -0.2) is 127 Å². The standard InChI is InChI=1S/C46H75N15O8/c1-27(2)20-35(40(48)65)55-24-31(12-8-18-53-45(49)50)58-42(67)34(13-9-19-54-46(51)52)60-43(68)36(21-28(3)4)61-44(69)37(23-29-10-6-5-7-11-29)59-39(64)26-56-38(63)25-57-41(66)33(47)22-30-14-16-32(62)17-15-30/h5-7,10-11,14-17,27-28,31,33-37,55,62H,8-9,12-13,18-26,47H2,1-4H3,(H2,48,65)(H,56,63)(H,57,66)(H,58,67)(H,59,64)(H,60,68)(H,61,69)(H4,49,50,53)(H4,51,52,54)/t31-,33-,34-,35+,36-,37-/m0/s1. The molecule has 7 amide bonds. The Hall–Kier alpha value is -7.01.